The summed E-state index contributed by atoms with van der Waals surface area (Å²) in [7, 11) is 0. The molecule has 0 atom stereocenters. The fourth-order valence-electron chi connectivity index (χ4n) is 1.85. The molecule has 1 N–H and O–H groups in total. The normalized spacial score (nSPS) is 11.7. The summed E-state index contributed by atoms with van der Waals surface area (Å²) in [5.41, 5.74) is 2.32. The van der Waals surface area contributed by atoms with Gasteiger partial charge in [-0.1, -0.05) is 43.6 Å². The van der Waals surface area contributed by atoms with Crippen molar-refractivity contribution in [1.29, 1.82) is 0 Å². The van der Waals surface area contributed by atoms with E-state index in [0.29, 0.717) is 0 Å². The fraction of sp³-hybridized carbons (Fsp3) is 0.308. The van der Waals surface area contributed by atoms with Crippen molar-refractivity contribution in [3.05, 3.63) is 52.8 Å². The van der Waals surface area contributed by atoms with Crippen LogP contribution in [0, 0.1) is 0 Å². The second-order valence-corrected chi connectivity index (χ2v) is 5.03. The summed E-state index contributed by atoms with van der Waals surface area (Å²) in [5, 5.41) is 7.85. The standard InChI is InChI=1S/C13H15ClN2/c1-13(2,12-7-8-15-16-12)9-10-5-3-4-6-11(10)14/h3-8H,9H2,1-2H3,(H,15,16). The number of aromatic nitrogens is 2. The van der Waals surface area contributed by atoms with Crippen molar-refractivity contribution in [1.82, 2.24) is 10.2 Å². The van der Waals surface area contributed by atoms with Gasteiger partial charge in [-0.3, -0.25) is 5.10 Å². The molecule has 0 radical (unpaired) electrons. The lowest BCUT2D eigenvalue weighted by atomic mass is 9.83. The number of hydrogen-bond acceptors (Lipinski definition) is 1. The minimum atomic E-state index is 0.0154. The molecule has 84 valence electrons. The number of hydrogen-bond donors (Lipinski definition) is 1. The first kappa shape index (κ1) is 11.2. The van der Waals surface area contributed by atoms with Gasteiger partial charge >= 0.3 is 0 Å². The van der Waals surface area contributed by atoms with Crippen molar-refractivity contribution in [2.24, 2.45) is 0 Å². The maximum Gasteiger partial charge on any atom is 0.0490 e. The van der Waals surface area contributed by atoms with Crippen LogP contribution in [0.1, 0.15) is 25.1 Å². The Morgan fingerprint density at radius 1 is 1.25 bits per heavy atom. The number of nitrogens with zero attached hydrogens (tertiary/aromatic N) is 1. The third-order valence-corrected chi connectivity index (χ3v) is 3.19. The highest BCUT2D eigenvalue weighted by atomic mass is 35.5. The molecule has 2 rings (SSSR count). The molecule has 2 aromatic rings. The molecular formula is C13H15ClN2. The lowest BCUT2D eigenvalue weighted by molar-refractivity contribution is 0.504. The molecule has 1 aromatic heterocycles. The third kappa shape index (κ3) is 2.27. The number of H-pyrrole nitrogens is 1. The highest BCUT2D eigenvalue weighted by Gasteiger charge is 2.23. The SMILES string of the molecule is CC(C)(Cc1ccccc1Cl)c1ccn[nH]1. The largest absolute Gasteiger partial charge is 0.282 e. The van der Waals surface area contributed by atoms with Crippen molar-refractivity contribution in [2.45, 2.75) is 25.7 Å². The van der Waals surface area contributed by atoms with Crippen LogP contribution >= 0.6 is 11.6 Å². The third-order valence-electron chi connectivity index (χ3n) is 2.82. The molecular weight excluding hydrogens is 220 g/mol. The van der Waals surface area contributed by atoms with Gasteiger partial charge < -0.3 is 0 Å². The van der Waals surface area contributed by atoms with Crippen LogP contribution in [0.15, 0.2) is 36.5 Å². The fourth-order valence-corrected chi connectivity index (χ4v) is 2.05. The predicted octanol–water partition coefficient (Wildman–Crippen LogP) is 3.58. The summed E-state index contributed by atoms with van der Waals surface area (Å²) >= 11 is 6.17. The van der Waals surface area contributed by atoms with Gasteiger partial charge in [0, 0.05) is 22.3 Å². The zero-order valence-electron chi connectivity index (χ0n) is 9.50. The molecule has 2 nitrogen and oxygen atoms in total. The van der Waals surface area contributed by atoms with Gasteiger partial charge in [0.25, 0.3) is 0 Å². The van der Waals surface area contributed by atoms with E-state index in [9.17, 15) is 0 Å². The molecule has 0 aliphatic rings. The highest BCUT2D eigenvalue weighted by molar-refractivity contribution is 6.31. The first-order chi connectivity index (χ1) is 7.59. The molecule has 0 fully saturated rings. The molecule has 1 aromatic carbocycles. The number of aromatic amines is 1. The van der Waals surface area contributed by atoms with E-state index in [4.69, 9.17) is 11.6 Å². The molecule has 16 heavy (non-hydrogen) atoms. The minimum Gasteiger partial charge on any atom is -0.282 e. The molecule has 0 bridgehead atoms. The summed E-state index contributed by atoms with van der Waals surface area (Å²) in [6.45, 7) is 4.37. The second-order valence-electron chi connectivity index (χ2n) is 4.62. The van der Waals surface area contributed by atoms with Gasteiger partial charge in [0.2, 0.25) is 0 Å². The Morgan fingerprint density at radius 2 is 2.00 bits per heavy atom. The average Bonchev–Trinajstić information content (AvgIpc) is 2.75. The van der Waals surface area contributed by atoms with E-state index in [-0.39, 0.29) is 5.41 Å². The van der Waals surface area contributed by atoms with Crippen molar-refractivity contribution < 1.29 is 0 Å². The monoisotopic (exact) mass is 234 g/mol. The van der Waals surface area contributed by atoms with E-state index in [2.05, 4.69) is 30.1 Å². The first-order valence-electron chi connectivity index (χ1n) is 5.33. The summed E-state index contributed by atoms with van der Waals surface area (Å²) in [4.78, 5) is 0. The van der Waals surface area contributed by atoms with E-state index >= 15 is 0 Å². The average molecular weight is 235 g/mol. The molecule has 0 aliphatic carbocycles. The predicted molar refractivity (Wildman–Crippen MR) is 66.8 cm³/mol. The summed E-state index contributed by atoms with van der Waals surface area (Å²) in [6.07, 6.45) is 2.68. The Bertz CT molecular complexity index is 461. The van der Waals surface area contributed by atoms with Crippen LogP contribution in [-0.2, 0) is 11.8 Å². The Labute approximate surface area is 101 Å². The van der Waals surface area contributed by atoms with E-state index in [1.54, 1.807) is 6.20 Å². The van der Waals surface area contributed by atoms with Crippen LogP contribution < -0.4 is 0 Å². The van der Waals surface area contributed by atoms with Gasteiger partial charge in [-0.2, -0.15) is 5.10 Å². The maximum absolute atomic E-state index is 6.17. The molecule has 0 saturated heterocycles. The molecule has 0 unspecified atom stereocenters. The number of rotatable bonds is 3. The van der Waals surface area contributed by atoms with Crippen LogP contribution in [0.25, 0.3) is 0 Å². The van der Waals surface area contributed by atoms with Gasteiger partial charge in [-0.25, -0.2) is 0 Å². The Kier molecular flexibility index (Phi) is 3.01. The first-order valence-corrected chi connectivity index (χ1v) is 5.71. The summed E-state index contributed by atoms with van der Waals surface area (Å²) in [5.74, 6) is 0. The number of halogens is 1. The molecule has 0 amide bonds. The smallest absolute Gasteiger partial charge is 0.0490 e. The van der Waals surface area contributed by atoms with E-state index in [1.807, 2.05) is 24.3 Å². The molecule has 0 saturated carbocycles. The van der Waals surface area contributed by atoms with E-state index < -0.39 is 0 Å². The second kappa shape index (κ2) is 4.30. The molecule has 0 aliphatic heterocycles. The van der Waals surface area contributed by atoms with Crippen molar-refractivity contribution >= 4 is 11.6 Å². The Hall–Kier alpha value is -1.28. The van der Waals surface area contributed by atoms with Gasteiger partial charge in [-0.15, -0.1) is 0 Å². The van der Waals surface area contributed by atoms with Crippen molar-refractivity contribution in [3.63, 3.8) is 0 Å². The quantitative estimate of drug-likeness (QED) is 0.864. The Balaban J connectivity index is 2.25. The number of benzene rings is 1. The van der Waals surface area contributed by atoms with Crippen molar-refractivity contribution in [3.8, 4) is 0 Å². The lowest BCUT2D eigenvalue weighted by Gasteiger charge is -2.23. The lowest BCUT2D eigenvalue weighted by Crippen LogP contribution is -2.21. The van der Waals surface area contributed by atoms with Crippen molar-refractivity contribution in [2.75, 3.05) is 0 Å². The summed E-state index contributed by atoms with van der Waals surface area (Å²) in [6, 6.07) is 9.98. The zero-order chi connectivity index (χ0) is 11.6. The van der Waals surface area contributed by atoms with E-state index in [1.165, 1.54) is 5.56 Å². The molecule has 3 heteroatoms. The van der Waals surface area contributed by atoms with Crippen LogP contribution in [0.2, 0.25) is 5.02 Å². The van der Waals surface area contributed by atoms with Crippen LogP contribution in [0.3, 0.4) is 0 Å². The summed E-state index contributed by atoms with van der Waals surface area (Å²) < 4.78 is 0. The maximum atomic E-state index is 6.17. The number of nitrogens with one attached hydrogen (secondary N) is 1. The molecule has 0 spiro atoms. The van der Waals surface area contributed by atoms with Crippen LogP contribution in [0.5, 0.6) is 0 Å². The van der Waals surface area contributed by atoms with E-state index in [0.717, 1.165) is 17.1 Å². The van der Waals surface area contributed by atoms with Gasteiger partial charge in [-0.05, 0) is 24.1 Å². The Morgan fingerprint density at radius 3 is 2.62 bits per heavy atom. The highest BCUT2D eigenvalue weighted by Crippen LogP contribution is 2.28. The van der Waals surface area contributed by atoms with Gasteiger partial charge in [0.05, 0.1) is 0 Å². The topological polar surface area (TPSA) is 28.7 Å². The molecule has 1 heterocycles. The van der Waals surface area contributed by atoms with Gasteiger partial charge in [0.1, 0.15) is 0 Å². The van der Waals surface area contributed by atoms with Crippen LogP contribution in [0.4, 0.5) is 0 Å². The van der Waals surface area contributed by atoms with Gasteiger partial charge in [0.15, 0.2) is 0 Å². The zero-order valence-corrected chi connectivity index (χ0v) is 10.3. The van der Waals surface area contributed by atoms with Crippen LogP contribution in [-0.4, -0.2) is 10.2 Å². The minimum absolute atomic E-state index is 0.0154.